The lowest BCUT2D eigenvalue weighted by Crippen LogP contribution is -2.08. The smallest absolute Gasteiger partial charge is 0.252 e. The van der Waals surface area contributed by atoms with E-state index in [-0.39, 0.29) is 0 Å². The van der Waals surface area contributed by atoms with Gasteiger partial charge in [-0.15, -0.1) is 0 Å². The van der Waals surface area contributed by atoms with Crippen molar-refractivity contribution >= 4 is 0 Å². The Balaban J connectivity index is 2.19. The number of halogens is 3. The predicted molar refractivity (Wildman–Crippen MR) is 54.9 cm³/mol. The van der Waals surface area contributed by atoms with E-state index >= 15 is 0 Å². The maximum absolute atomic E-state index is 12.4. The number of aromatic nitrogens is 1. The van der Waals surface area contributed by atoms with Crippen molar-refractivity contribution in [1.82, 2.24) is 4.98 Å². The van der Waals surface area contributed by atoms with E-state index < -0.39 is 11.9 Å². The number of hydrogen-bond donors (Lipinski definition) is 0. The summed E-state index contributed by atoms with van der Waals surface area (Å²) in [6.45, 7) is 4.22. The first-order valence-electron chi connectivity index (χ1n) is 5.42. The van der Waals surface area contributed by atoms with Crippen molar-refractivity contribution in [3.8, 4) is 0 Å². The SMILES string of the molecule is CC(C)[C@H]1C[C@@H]1c1ccnc(C(F)(F)F)c1. The normalized spacial score (nSPS) is 24.9. The van der Waals surface area contributed by atoms with Crippen LogP contribution in [-0.4, -0.2) is 4.98 Å². The summed E-state index contributed by atoms with van der Waals surface area (Å²) in [4.78, 5) is 3.37. The highest BCUT2D eigenvalue weighted by molar-refractivity contribution is 5.27. The van der Waals surface area contributed by atoms with Crippen LogP contribution in [0, 0.1) is 11.8 Å². The lowest BCUT2D eigenvalue weighted by Gasteiger charge is -2.08. The molecular weight excluding hydrogens is 215 g/mol. The van der Waals surface area contributed by atoms with Gasteiger partial charge in [0.25, 0.3) is 0 Å². The fraction of sp³-hybridized carbons (Fsp3) is 0.583. The number of rotatable bonds is 2. The fourth-order valence-electron chi connectivity index (χ4n) is 2.17. The quantitative estimate of drug-likeness (QED) is 0.750. The van der Waals surface area contributed by atoms with Crippen LogP contribution in [0.4, 0.5) is 13.2 Å². The van der Waals surface area contributed by atoms with E-state index in [1.54, 1.807) is 6.07 Å². The molecule has 0 bridgehead atoms. The second-order valence-electron chi connectivity index (χ2n) is 4.72. The molecule has 4 heteroatoms. The predicted octanol–water partition coefficient (Wildman–Crippen LogP) is 3.86. The van der Waals surface area contributed by atoms with E-state index in [1.807, 2.05) is 0 Å². The van der Waals surface area contributed by atoms with E-state index in [0.29, 0.717) is 17.8 Å². The first kappa shape index (κ1) is 11.4. The van der Waals surface area contributed by atoms with E-state index in [4.69, 9.17) is 0 Å². The van der Waals surface area contributed by atoms with Crippen LogP contribution in [-0.2, 0) is 6.18 Å². The number of nitrogens with zero attached hydrogens (tertiary/aromatic N) is 1. The summed E-state index contributed by atoms with van der Waals surface area (Å²) in [7, 11) is 0. The molecule has 2 rings (SSSR count). The lowest BCUT2D eigenvalue weighted by molar-refractivity contribution is -0.141. The molecule has 1 saturated carbocycles. The second kappa shape index (κ2) is 3.75. The average molecular weight is 229 g/mol. The van der Waals surface area contributed by atoms with Gasteiger partial charge < -0.3 is 0 Å². The molecule has 1 aromatic rings. The van der Waals surface area contributed by atoms with Gasteiger partial charge in [-0.3, -0.25) is 4.98 Å². The van der Waals surface area contributed by atoms with Crippen molar-refractivity contribution in [2.75, 3.05) is 0 Å². The molecule has 0 unspecified atom stereocenters. The number of hydrogen-bond acceptors (Lipinski definition) is 1. The molecule has 1 nitrogen and oxygen atoms in total. The molecule has 1 aromatic heterocycles. The van der Waals surface area contributed by atoms with Crippen molar-refractivity contribution in [3.05, 3.63) is 29.6 Å². The van der Waals surface area contributed by atoms with Crippen LogP contribution in [0.1, 0.15) is 37.4 Å². The topological polar surface area (TPSA) is 12.9 Å². The molecule has 0 saturated heterocycles. The zero-order valence-electron chi connectivity index (χ0n) is 9.25. The molecule has 16 heavy (non-hydrogen) atoms. The Morgan fingerprint density at radius 1 is 1.38 bits per heavy atom. The molecule has 1 aliphatic rings. The summed E-state index contributed by atoms with van der Waals surface area (Å²) in [5, 5.41) is 0. The van der Waals surface area contributed by atoms with Crippen molar-refractivity contribution in [2.24, 2.45) is 11.8 Å². The first-order valence-corrected chi connectivity index (χ1v) is 5.42. The molecule has 0 spiro atoms. The van der Waals surface area contributed by atoms with Crippen LogP contribution < -0.4 is 0 Å². The molecule has 1 aliphatic carbocycles. The fourth-order valence-corrected chi connectivity index (χ4v) is 2.17. The highest BCUT2D eigenvalue weighted by atomic mass is 19.4. The Kier molecular flexibility index (Phi) is 2.68. The number of alkyl halides is 3. The Morgan fingerprint density at radius 2 is 2.06 bits per heavy atom. The molecular formula is C12H14F3N. The van der Waals surface area contributed by atoms with Gasteiger partial charge >= 0.3 is 6.18 Å². The molecule has 1 fully saturated rings. The Labute approximate surface area is 92.7 Å². The third kappa shape index (κ3) is 2.20. The minimum atomic E-state index is -4.34. The van der Waals surface area contributed by atoms with Crippen LogP contribution in [0.5, 0.6) is 0 Å². The van der Waals surface area contributed by atoms with Crippen molar-refractivity contribution < 1.29 is 13.2 Å². The second-order valence-corrected chi connectivity index (χ2v) is 4.72. The van der Waals surface area contributed by atoms with E-state index in [2.05, 4.69) is 18.8 Å². The van der Waals surface area contributed by atoms with Crippen LogP contribution in [0.3, 0.4) is 0 Å². The van der Waals surface area contributed by atoms with Crippen molar-refractivity contribution in [1.29, 1.82) is 0 Å². The summed E-state index contributed by atoms with van der Waals surface area (Å²) < 4.78 is 37.3. The largest absolute Gasteiger partial charge is 0.433 e. The molecule has 0 amide bonds. The lowest BCUT2D eigenvalue weighted by atomic mass is 10.0. The maximum atomic E-state index is 12.4. The Hall–Kier alpha value is -1.06. The van der Waals surface area contributed by atoms with Crippen LogP contribution in [0.15, 0.2) is 18.3 Å². The summed E-state index contributed by atoms with van der Waals surface area (Å²) >= 11 is 0. The monoisotopic (exact) mass is 229 g/mol. The molecule has 88 valence electrons. The standard InChI is InChI=1S/C12H14F3N/c1-7(2)9-6-10(9)8-3-4-16-11(5-8)12(13,14)15/h3-5,7,9-10H,6H2,1-2H3/t9-,10-/m1/s1. The minimum Gasteiger partial charge on any atom is -0.252 e. The third-order valence-corrected chi connectivity index (χ3v) is 3.20. The average Bonchev–Trinajstić information content (AvgIpc) is 2.96. The first-order chi connectivity index (χ1) is 7.39. The van der Waals surface area contributed by atoms with Gasteiger partial charge in [-0.2, -0.15) is 13.2 Å². The Bertz CT molecular complexity index is 384. The van der Waals surface area contributed by atoms with Crippen LogP contribution >= 0.6 is 0 Å². The van der Waals surface area contributed by atoms with Crippen LogP contribution in [0.25, 0.3) is 0 Å². The highest BCUT2D eigenvalue weighted by Crippen LogP contribution is 2.51. The highest BCUT2D eigenvalue weighted by Gasteiger charge is 2.41. The van der Waals surface area contributed by atoms with Gasteiger partial charge in [0.2, 0.25) is 0 Å². The zero-order chi connectivity index (χ0) is 11.9. The molecule has 1 heterocycles. The van der Waals surface area contributed by atoms with Crippen LogP contribution in [0.2, 0.25) is 0 Å². The summed E-state index contributed by atoms with van der Waals surface area (Å²) in [5.74, 6) is 1.36. The molecule has 2 atom stereocenters. The molecule has 0 aliphatic heterocycles. The van der Waals surface area contributed by atoms with Crippen molar-refractivity contribution in [2.45, 2.75) is 32.4 Å². The zero-order valence-corrected chi connectivity index (χ0v) is 9.25. The number of pyridine rings is 1. The minimum absolute atomic E-state index is 0.295. The van der Waals surface area contributed by atoms with E-state index in [1.165, 1.54) is 12.3 Å². The van der Waals surface area contributed by atoms with E-state index in [9.17, 15) is 13.2 Å². The Morgan fingerprint density at radius 3 is 2.56 bits per heavy atom. The van der Waals surface area contributed by atoms with Crippen molar-refractivity contribution in [3.63, 3.8) is 0 Å². The van der Waals surface area contributed by atoms with Gasteiger partial charge in [-0.05, 0) is 41.9 Å². The van der Waals surface area contributed by atoms with Gasteiger partial charge in [0.1, 0.15) is 5.69 Å². The summed E-state index contributed by atoms with van der Waals surface area (Å²) in [5.41, 5.74) is 0.000399. The van der Waals surface area contributed by atoms with Gasteiger partial charge in [-0.25, -0.2) is 0 Å². The summed E-state index contributed by atoms with van der Waals surface area (Å²) in [6, 6.07) is 2.88. The van der Waals surface area contributed by atoms with Gasteiger partial charge in [0.05, 0.1) is 0 Å². The van der Waals surface area contributed by atoms with Gasteiger partial charge in [0.15, 0.2) is 0 Å². The molecule has 0 aromatic carbocycles. The summed E-state index contributed by atoms with van der Waals surface area (Å²) in [6.07, 6.45) is -2.08. The van der Waals surface area contributed by atoms with Gasteiger partial charge in [-0.1, -0.05) is 13.8 Å². The molecule has 0 radical (unpaired) electrons. The van der Waals surface area contributed by atoms with E-state index in [0.717, 1.165) is 12.0 Å². The van der Waals surface area contributed by atoms with Gasteiger partial charge in [0, 0.05) is 6.20 Å². The third-order valence-electron chi connectivity index (χ3n) is 3.20. The maximum Gasteiger partial charge on any atom is 0.433 e. The molecule has 0 N–H and O–H groups in total.